The van der Waals surface area contributed by atoms with Crippen LogP contribution in [0.4, 0.5) is 0 Å². The van der Waals surface area contributed by atoms with Crippen LogP contribution < -0.4 is 0 Å². The van der Waals surface area contributed by atoms with Gasteiger partial charge < -0.3 is 4.74 Å². The minimum absolute atomic E-state index is 0.0414. The number of rotatable bonds is 5. The number of nitriles is 1. The van der Waals surface area contributed by atoms with E-state index in [1.807, 2.05) is 57.2 Å². The molecular weight excluding hydrogens is 382 g/mol. The third-order valence-electron chi connectivity index (χ3n) is 5.05. The lowest BCUT2D eigenvalue weighted by atomic mass is 9.67. The van der Waals surface area contributed by atoms with Crippen LogP contribution in [0.15, 0.2) is 60.7 Å². The summed E-state index contributed by atoms with van der Waals surface area (Å²) in [5.41, 5.74) is -0.522. The Balaban J connectivity index is 2.03. The summed E-state index contributed by atoms with van der Waals surface area (Å²) in [4.78, 5) is 26.2. The van der Waals surface area contributed by atoms with Crippen LogP contribution in [-0.2, 0) is 9.53 Å². The molecule has 0 spiro atoms. The monoisotopic (exact) mass is 407 g/mol. The van der Waals surface area contributed by atoms with Crippen molar-refractivity contribution in [2.45, 2.75) is 38.0 Å². The number of nitrogens with zero attached hydrogens (tertiary/aromatic N) is 1. The molecule has 1 saturated heterocycles. The van der Waals surface area contributed by atoms with Crippen LogP contribution in [-0.4, -0.2) is 23.1 Å². The van der Waals surface area contributed by atoms with Crippen LogP contribution in [0.1, 0.15) is 48.4 Å². The van der Waals surface area contributed by atoms with Crippen LogP contribution in [0.25, 0.3) is 0 Å². The molecule has 1 aliphatic rings. The summed E-state index contributed by atoms with van der Waals surface area (Å²) >= 11 is 1.57. The van der Waals surface area contributed by atoms with Gasteiger partial charge >= 0.3 is 5.97 Å². The SMILES string of the molecule is CC(C)(C)OC(=O)C[C@@H]1CS[C@@H](c2ccccc2)[C@]1(C#N)C(=O)c1ccccc1. The van der Waals surface area contributed by atoms with Gasteiger partial charge in [-0.05, 0) is 32.1 Å². The average molecular weight is 408 g/mol. The maximum absolute atomic E-state index is 13.7. The Hall–Kier alpha value is -2.58. The number of ether oxygens (including phenoxy) is 1. The first kappa shape index (κ1) is 21.1. The molecular formula is C24H25NO3S. The van der Waals surface area contributed by atoms with Gasteiger partial charge in [-0.3, -0.25) is 9.59 Å². The normalized spacial score (nSPS) is 23.9. The summed E-state index contributed by atoms with van der Waals surface area (Å²) < 4.78 is 5.49. The number of hydrogen-bond acceptors (Lipinski definition) is 5. The molecule has 0 bridgehead atoms. The second-order valence-electron chi connectivity index (χ2n) is 8.29. The van der Waals surface area contributed by atoms with Crippen molar-refractivity contribution in [2.24, 2.45) is 11.3 Å². The van der Waals surface area contributed by atoms with E-state index in [0.717, 1.165) is 5.56 Å². The first-order valence-electron chi connectivity index (χ1n) is 9.67. The molecule has 1 aliphatic heterocycles. The van der Waals surface area contributed by atoms with Crippen molar-refractivity contribution < 1.29 is 14.3 Å². The highest BCUT2D eigenvalue weighted by atomic mass is 32.2. The molecule has 2 aromatic carbocycles. The predicted molar refractivity (Wildman–Crippen MR) is 114 cm³/mol. The highest BCUT2D eigenvalue weighted by molar-refractivity contribution is 7.99. The lowest BCUT2D eigenvalue weighted by Gasteiger charge is -2.32. The first-order chi connectivity index (χ1) is 13.8. The Bertz CT molecular complexity index is 915. The van der Waals surface area contributed by atoms with E-state index in [2.05, 4.69) is 6.07 Å². The van der Waals surface area contributed by atoms with E-state index in [0.29, 0.717) is 11.3 Å². The Morgan fingerprint density at radius 2 is 1.69 bits per heavy atom. The van der Waals surface area contributed by atoms with Gasteiger partial charge in [-0.2, -0.15) is 17.0 Å². The molecule has 0 N–H and O–H groups in total. The number of carbonyl (C=O) groups excluding carboxylic acids is 2. The van der Waals surface area contributed by atoms with Crippen molar-refractivity contribution in [2.75, 3.05) is 5.75 Å². The third-order valence-corrected chi connectivity index (χ3v) is 6.63. The van der Waals surface area contributed by atoms with Gasteiger partial charge in [0.05, 0.1) is 17.7 Å². The molecule has 0 radical (unpaired) electrons. The van der Waals surface area contributed by atoms with Crippen LogP contribution in [0.5, 0.6) is 0 Å². The van der Waals surface area contributed by atoms with Crippen molar-refractivity contribution in [3.8, 4) is 6.07 Å². The van der Waals surface area contributed by atoms with Gasteiger partial charge in [0.15, 0.2) is 5.78 Å². The summed E-state index contributed by atoms with van der Waals surface area (Å²) in [5.74, 6) is -0.485. The van der Waals surface area contributed by atoms with Gasteiger partial charge in [-0.1, -0.05) is 60.7 Å². The molecule has 3 atom stereocenters. The zero-order valence-corrected chi connectivity index (χ0v) is 17.7. The topological polar surface area (TPSA) is 67.2 Å². The second kappa shape index (κ2) is 8.42. The van der Waals surface area contributed by atoms with Gasteiger partial charge in [0.2, 0.25) is 0 Å². The fourth-order valence-corrected chi connectivity index (χ4v) is 5.58. The summed E-state index contributed by atoms with van der Waals surface area (Å²) in [7, 11) is 0. The lowest BCUT2D eigenvalue weighted by molar-refractivity contribution is -0.156. The van der Waals surface area contributed by atoms with Crippen LogP contribution in [0, 0.1) is 22.7 Å². The summed E-state index contributed by atoms with van der Waals surface area (Å²) in [5, 5.41) is 10.0. The Morgan fingerprint density at radius 3 is 2.24 bits per heavy atom. The standard InChI is InChI=1S/C24H25NO3S/c1-23(2,3)28-20(26)14-19-15-29-22(18-12-8-5-9-13-18)24(19,16-25)21(27)17-10-6-4-7-11-17/h4-13,19,22H,14-15H2,1-3H3/t19-,22+,24+/m1/s1. The molecule has 150 valence electrons. The number of Topliss-reactive ketones (excluding diaryl/α,β-unsaturated/α-hetero) is 1. The number of benzene rings is 2. The Labute approximate surface area is 176 Å². The minimum atomic E-state index is -1.33. The molecule has 1 fully saturated rings. The van der Waals surface area contributed by atoms with E-state index < -0.39 is 16.9 Å². The molecule has 29 heavy (non-hydrogen) atoms. The van der Waals surface area contributed by atoms with Crippen molar-refractivity contribution >= 4 is 23.5 Å². The molecule has 0 aliphatic carbocycles. The van der Waals surface area contributed by atoms with Crippen molar-refractivity contribution in [3.63, 3.8) is 0 Å². The molecule has 0 unspecified atom stereocenters. The zero-order valence-electron chi connectivity index (χ0n) is 16.9. The molecule has 1 heterocycles. The fourth-order valence-electron chi connectivity index (χ4n) is 3.81. The van der Waals surface area contributed by atoms with Gasteiger partial charge in [-0.25, -0.2) is 0 Å². The molecule has 2 aromatic rings. The number of ketones is 1. The predicted octanol–water partition coefficient (Wildman–Crippen LogP) is 5.22. The Kier molecular flexibility index (Phi) is 6.14. The highest BCUT2D eigenvalue weighted by Crippen LogP contribution is 2.58. The van der Waals surface area contributed by atoms with Crippen LogP contribution >= 0.6 is 11.8 Å². The van der Waals surface area contributed by atoms with Crippen LogP contribution in [0.2, 0.25) is 0 Å². The summed E-state index contributed by atoms with van der Waals surface area (Å²) in [6, 6.07) is 20.9. The Morgan fingerprint density at radius 1 is 1.10 bits per heavy atom. The van der Waals surface area contributed by atoms with Gasteiger partial charge in [0.25, 0.3) is 0 Å². The highest BCUT2D eigenvalue weighted by Gasteiger charge is 2.58. The third kappa shape index (κ3) is 4.38. The smallest absolute Gasteiger partial charge is 0.306 e. The lowest BCUT2D eigenvalue weighted by Crippen LogP contribution is -2.40. The first-order valence-corrected chi connectivity index (χ1v) is 10.7. The quantitative estimate of drug-likeness (QED) is 0.502. The average Bonchev–Trinajstić information content (AvgIpc) is 3.06. The molecule has 5 heteroatoms. The van der Waals surface area contributed by atoms with Gasteiger partial charge in [0.1, 0.15) is 11.0 Å². The van der Waals surface area contributed by atoms with E-state index >= 15 is 0 Å². The molecule has 0 aromatic heterocycles. The number of thioether (sulfide) groups is 1. The van der Waals surface area contributed by atoms with E-state index in [9.17, 15) is 14.9 Å². The number of hydrogen-bond donors (Lipinski definition) is 0. The van der Waals surface area contributed by atoms with Crippen LogP contribution in [0.3, 0.4) is 0 Å². The number of carbonyl (C=O) groups is 2. The fraction of sp³-hybridized carbons (Fsp3) is 0.375. The van der Waals surface area contributed by atoms with E-state index in [4.69, 9.17) is 4.74 Å². The minimum Gasteiger partial charge on any atom is -0.460 e. The van der Waals surface area contributed by atoms with Gasteiger partial charge in [0, 0.05) is 11.5 Å². The molecule has 4 nitrogen and oxygen atoms in total. The van der Waals surface area contributed by atoms with Gasteiger partial charge in [-0.15, -0.1) is 0 Å². The van der Waals surface area contributed by atoms with Crippen molar-refractivity contribution in [1.82, 2.24) is 0 Å². The van der Waals surface area contributed by atoms with E-state index in [1.54, 1.807) is 36.0 Å². The van der Waals surface area contributed by atoms with Crippen molar-refractivity contribution in [1.29, 1.82) is 5.26 Å². The van der Waals surface area contributed by atoms with E-state index in [-0.39, 0.29) is 23.4 Å². The molecule has 3 rings (SSSR count). The summed E-state index contributed by atoms with van der Waals surface area (Å²) in [6.45, 7) is 5.44. The van der Waals surface area contributed by atoms with Crippen molar-refractivity contribution in [3.05, 3.63) is 71.8 Å². The second-order valence-corrected chi connectivity index (χ2v) is 9.43. The largest absolute Gasteiger partial charge is 0.460 e. The maximum Gasteiger partial charge on any atom is 0.306 e. The number of esters is 1. The molecule has 0 saturated carbocycles. The zero-order chi connectivity index (χ0) is 21.1. The van der Waals surface area contributed by atoms with E-state index in [1.165, 1.54) is 0 Å². The molecule has 0 amide bonds. The maximum atomic E-state index is 13.7. The summed E-state index contributed by atoms with van der Waals surface area (Å²) in [6.07, 6.45) is 0.0414.